The Labute approximate surface area is 127 Å². The van der Waals surface area contributed by atoms with Crippen molar-refractivity contribution in [1.82, 2.24) is 4.98 Å². The monoisotopic (exact) mass is 314 g/mol. The zero-order valence-corrected chi connectivity index (χ0v) is 12.6. The van der Waals surface area contributed by atoms with Crippen molar-refractivity contribution < 1.29 is 8.42 Å². The molecule has 0 fully saturated rings. The number of sulfonamides is 1. The zero-order valence-electron chi connectivity index (χ0n) is 11.8. The van der Waals surface area contributed by atoms with Crippen LogP contribution in [0, 0.1) is 6.92 Å². The summed E-state index contributed by atoms with van der Waals surface area (Å²) in [5.41, 5.74) is 1.08. The van der Waals surface area contributed by atoms with Crippen molar-refractivity contribution in [2.75, 3.05) is 4.72 Å². The minimum absolute atomic E-state index is 0.181. The van der Waals surface area contributed by atoms with Crippen molar-refractivity contribution in [3.8, 4) is 0 Å². The molecule has 3 rings (SSSR count). The fourth-order valence-corrected chi connectivity index (χ4v) is 3.28. The number of aromatic nitrogens is 1. The Kier molecular flexibility index (Phi) is 3.46. The minimum atomic E-state index is -3.70. The van der Waals surface area contributed by atoms with E-state index in [0.717, 1.165) is 10.9 Å². The second-order valence-corrected chi connectivity index (χ2v) is 6.71. The molecular formula is C16H14N2O3S. The standard InChI is InChI=1S/C16H14N2O3S/c1-11-5-7-13(8-6-11)22(20,21)18-15-4-2-3-12-10-17-16(19)9-14(12)15/h2-10,18H,1H3,(H,17,19). The van der Waals surface area contributed by atoms with Gasteiger partial charge in [0.1, 0.15) is 0 Å². The second kappa shape index (κ2) is 5.31. The maximum atomic E-state index is 12.4. The molecule has 112 valence electrons. The summed E-state index contributed by atoms with van der Waals surface area (Å²) in [5, 5.41) is 1.31. The number of H-pyrrole nitrogens is 1. The number of hydrogen-bond acceptors (Lipinski definition) is 3. The van der Waals surface area contributed by atoms with Crippen molar-refractivity contribution in [3.05, 3.63) is 70.6 Å². The summed E-state index contributed by atoms with van der Waals surface area (Å²) in [7, 11) is -3.70. The lowest BCUT2D eigenvalue weighted by Gasteiger charge is -2.10. The molecule has 0 unspecified atom stereocenters. The largest absolute Gasteiger partial charge is 0.328 e. The molecular weight excluding hydrogens is 300 g/mol. The van der Waals surface area contributed by atoms with Crippen LogP contribution in [0.25, 0.3) is 10.8 Å². The van der Waals surface area contributed by atoms with Crippen LogP contribution in [0.5, 0.6) is 0 Å². The highest BCUT2D eigenvalue weighted by Crippen LogP contribution is 2.24. The van der Waals surface area contributed by atoms with E-state index in [4.69, 9.17) is 0 Å². The summed E-state index contributed by atoms with van der Waals surface area (Å²) in [5.74, 6) is 0. The maximum absolute atomic E-state index is 12.4. The molecule has 1 aromatic heterocycles. The van der Waals surface area contributed by atoms with E-state index in [1.54, 1.807) is 48.7 Å². The molecule has 0 amide bonds. The fraction of sp³-hybridized carbons (Fsp3) is 0.0625. The molecule has 0 atom stereocenters. The van der Waals surface area contributed by atoms with Gasteiger partial charge in [-0.1, -0.05) is 29.8 Å². The minimum Gasteiger partial charge on any atom is -0.328 e. The predicted molar refractivity (Wildman–Crippen MR) is 86.6 cm³/mol. The van der Waals surface area contributed by atoms with E-state index in [0.29, 0.717) is 11.1 Å². The summed E-state index contributed by atoms with van der Waals surface area (Å²) >= 11 is 0. The molecule has 0 spiro atoms. The highest BCUT2D eigenvalue weighted by molar-refractivity contribution is 7.92. The first-order chi connectivity index (χ1) is 10.5. The predicted octanol–water partition coefficient (Wildman–Crippen LogP) is 2.64. The highest BCUT2D eigenvalue weighted by atomic mass is 32.2. The molecule has 0 saturated carbocycles. The Balaban J connectivity index is 2.07. The smallest absolute Gasteiger partial charge is 0.261 e. The number of aryl methyl sites for hydroxylation is 1. The van der Waals surface area contributed by atoms with Crippen LogP contribution in [0.3, 0.4) is 0 Å². The molecule has 2 N–H and O–H groups in total. The Morgan fingerprint density at radius 3 is 2.50 bits per heavy atom. The number of anilines is 1. The van der Waals surface area contributed by atoms with Crippen molar-refractivity contribution in [2.24, 2.45) is 0 Å². The average molecular weight is 314 g/mol. The van der Waals surface area contributed by atoms with Crippen molar-refractivity contribution in [2.45, 2.75) is 11.8 Å². The topological polar surface area (TPSA) is 79.0 Å². The van der Waals surface area contributed by atoms with Gasteiger partial charge in [0, 0.05) is 23.0 Å². The number of nitrogens with one attached hydrogen (secondary N) is 2. The molecule has 22 heavy (non-hydrogen) atoms. The van der Waals surface area contributed by atoms with Gasteiger partial charge in [-0.3, -0.25) is 9.52 Å². The van der Waals surface area contributed by atoms with Gasteiger partial charge in [-0.15, -0.1) is 0 Å². The van der Waals surface area contributed by atoms with Crippen molar-refractivity contribution >= 4 is 26.5 Å². The van der Waals surface area contributed by atoms with Gasteiger partial charge in [0.2, 0.25) is 5.56 Å². The van der Waals surface area contributed by atoms with E-state index in [-0.39, 0.29) is 10.5 Å². The summed E-state index contributed by atoms with van der Waals surface area (Å²) in [6, 6.07) is 13.1. The molecule has 5 nitrogen and oxygen atoms in total. The van der Waals surface area contributed by atoms with Crippen LogP contribution in [0.15, 0.2) is 64.4 Å². The van der Waals surface area contributed by atoms with Gasteiger partial charge in [-0.2, -0.15) is 0 Å². The summed E-state index contributed by atoms with van der Waals surface area (Å²) in [4.78, 5) is 14.2. The van der Waals surface area contributed by atoms with Crippen LogP contribution in [-0.2, 0) is 10.0 Å². The van der Waals surface area contributed by atoms with Crippen LogP contribution >= 0.6 is 0 Å². The van der Waals surface area contributed by atoms with Crippen LogP contribution in [0.2, 0.25) is 0 Å². The van der Waals surface area contributed by atoms with Crippen molar-refractivity contribution in [1.29, 1.82) is 0 Å². The third-order valence-corrected chi connectivity index (χ3v) is 4.74. The third kappa shape index (κ3) is 2.73. The van der Waals surface area contributed by atoms with E-state index in [1.807, 2.05) is 6.92 Å². The van der Waals surface area contributed by atoms with Crippen LogP contribution in [0.4, 0.5) is 5.69 Å². The lowest BCUT2D eigenvalue weighted by molar-refractivity contribution is 0.601. The first-order valence-electron chi connectivity index (χ1n) is 6.67. The van der Waals surface area contributed by atoms with E-state index in [1.165, 1.54) is 6.07 Å². The fourth-order valence-electron chi connectivity index (χ4n) is 2.20. The molecule has 0 aliphatic heterocycles. The molecule has 0 aliphatic carbocycles. The van der Waals surface area contributed by atoms with Gasteiger partial charge in [-0.05, 0) is 25.1 Å². The van der Waals surface area contributed by atoms with Crippen molar-refractivity contribution in [3.63, 3.8) is 0 Å². The molecule has 0 saturated heterocycles. The van der Waals surface area contributed by atoms with E-state index >= 15 is 0 Å². The quantitative estimate of drug-likeness (QED) is 0.780. The number of benzene rings is 2. The van der Waals surface area contributed by atoms with Crippen LogP contribution in [-0.4, -0.2) is 13.4 Å². The zero-order chi connectivity index (χ0) is 15.7. The van der Waals surface area contributed by atoms with E-state index < -0.39 is 10.0 Å². The SMILES string of the molecule is Cc1ccc(S(=O)(=O)Nc2cccc3c[nH]c(=O)cc23)cc1. The van der Waals surface area contributed by atoms with Gasteiger partial charge in [0.15, 0.2) is 0 Å². The first-order valence-corrected chi connectivity index (χ1v) is 8.15. The Hall–Kier alpha value is -2.60. The second-order valence-electron chi connectivity index (χ2n) is 5.02. The van der Waals surface area contributed by atoms with Gasteiger partial charge >= 0.3 is 0 Å². The first kappa shape index (κ1) is 14.3. The Morgan fingerprint density at radius 2 is 1.77 bits per heavy atom. The number of rotatable bonds is 3. The molecule has 0 aliphatic rings. The van der Waals surface area contributed by atoms with E-state index in [9.17, 15) is 13.2 Å². The lowest BCUT2D eigenvalue weighted by Crippen LogP contribution is -2.13. The maximum Gasteiger partial charge on any atom is 0.261 e. The molecule has 6 heteroatoms. The highest BCUT2D eigenvalue weighted by Gasteiger charge is 2.15. The number of aromatic amines is 1. The van der Waals surface area contributed by atoms with Gasteiger partial charge in [0.05, 0.1) is 10.6 Å². The number of pyridine rings is 1. The summed E-state index contributed by atoms with van der Waals surface area (Å²) < 4.78 is 27.4. The summed E-state index contributed by atoms with van der Waals surface area (Å²) in [6.45, 7) is 1.89. The van der Waals surface area contributed by atoms with Gasteiger partial charge in [-0.25, -0.2) is 8.42 Å². The van der Waals surface area contributed by atoms with Gasteiger partial charge < -0.3 is 4.98 Å². The molecule has 1 heterocycles. The number of hydrogen-bond donors (Lipinski definition) is 2. The third-order valence-electron chi connectivity index (χ3n) is 3.36. The summed E-state index contributed by atoms with van der Waals surface area (Å²) in [6.07, 6.45) is 1.56. The lowest BCUT2D eigenvalue weighted by atomic mass is 10.1. The number of fused-ring (bicyclic) bond motifs is 1. The molecule has 2 aromatic carbocycles. The average Bonchev–Trinajstić information content (AvgIpc) is 2.48. The normalized spacial score (nSPS) is 11.5. The van der Waals surface area contributed by atoms with E-state index in [2.05, 4.69) is 9.71 Å². The van der Waals surface area contributed by atoms with Crippen LogP contribution < -0.4 is 10.3 Å². The van der Waals surface area contributed by atoms with Crippen LogP contribution in [0.1, 0.15) is 5.56 Å². The molecule has 0 bridgehead atoms. The Morgan fingerprint density at radius 1 is 1.05 bits per heavy atom. The van der Waals surface area contributed by atoms with Gasteiger partial charge in [0.25, 0.3) is 10.0 Å². The Bertz CT molecular complexity index is 990. The molecule has 0 radical (unpaired) electrons. The molecule has 3 aromatic rings.